The summed E-state index contributed by atoms with van der Waals surface area (Å²) >= 11 is 0. The van der Waals surface area contributed by atoms with E-state index in [1.54, 1.807) is 0 Å². The molecule has 0 radical (unpaired) electrons. The number of carbonyl (C=O) groups is 1. The third-order valence-corrected chi connectivity index (χ3v) is 4.21. The summed E-state index contributed by atoms with van der Waals surface area (Å²) in [5, 5.41) is 6.58. The highest BCUT2D eigenvalue weighted by Gasteiger charge is 2.32. The standard InChI is InChI=1S/C17H34N2O2/c1-11(2)15(12(3)4)10-18-13-8-14(9-13)19-16(20)21-17(5,6)7/h11-15,18H,8-10H2,1-7H3,(H,19,20). The Balaban J connectivity index is 2.20. The van der Waals surface area contributed by atoms with E-state index in [4.69, 9.17) is 4.74 Å². The number of hydrogen-bond donors (Lipinski definition) is 2. The molecule has 1 fully saturated rings. The molecule has 0 aromatic heterocycles. The molecule has 0 aromatic rings. The van der Waals surface area contributed by atoms with Crippen molar-refractivity contribution in [3.8, 4) is 0 Å². The summed E-state index contributed by atoms with van der Waals surface area (Å²) in [5.74, 6) is 2.12. The number of rotatable bonds is 6. The van der Waals surface area contributed by atoms with Gasteiger partial charge in [0.25, 0.3) is 0 Å². The van der Waals surface area contributed by atoms with Crippen molar-refractivity contribution in [1.29, 1.82) is 0 Å². The molecule has 1 aliphatic rings. The fraction of sp³-hybridized carbons (Fsp3) is 0.941. The first-order valence-electron chi connectivity index (χ1n) is 8.31. The number of carbonyl (C=O) groups excluding carboxylic acids is 1. The van der Waals surface area contributed by atoms with Crippen molar-refractivity contribution in [2.75, 3.05) is 6.54 Å². The maximum atomic E-state index is 11.7. The highest BCUT2D eigenvalue weighted by molar-refractivity contribution is 5.68. The van der Waals surface area contributed by atoms with E-state index in [-0.39, 0.29) is 12.1 Å². The molecule has 0 aliphatic heterocycles. The van der Waals surface area contributed by atoms with Crippen LogP contribution >= 0.6 is 0 Å². The molecule has 0 saturated heterocycles. The average molecular weight is 298 g/mol. The number of nitrogens with one attached hydrogen (secondary N) is 2. The van der Waals surface area contributed by atoms with Crippen LogP contribution in [0, 0.1) is 17.8 Å². The molecule has 1 saturated carbocycles. The van der Waals surface area contributed by atoms with Gasteiger partial charge in [-0.25, -0.2) is 4.79 Å². The van der Waals surface area contributed by atoms with Crippen LogP contribution in [0.25, 0.3) is 0 Å². The van der Waals surface area contributed by atoms with Crippen molar-refractivity contribution in [1.82, 2.24) is 10.6 Å². The Morgan fingerprint density at radius 3 is 2.05 bits per heavy atom. The van der Waals surface area contributed by atoms with Gasteiger partial charge in [-0.15, -0.1) is 0 Å². The second-order valence-corrected chi connectivity index (χ2v) is 8.07. The molecule has 0 aromatic carbocycles. The summed E-state index contributed by atoms with van der Waals surface area (Å²) in [6.45, 7) is 15.9. The third kappa shape index (κ3) is 6.68. The molecule has 0 atom stereocenters. The zero-order valence-electron chi connectivity index (χ0n) is 14.8. The van der Waals surface area contributed by atoms with Crippen LogP contribution < -0.4 is 10.6 Å². The van der Waals surface area contributed by atoms with E-state index >= 15 is 0 Å². The summed E-state index contributed by atoms with van der Waals surface area (Å²) in [6.07, 6.45) is 1.71. The number of amides is 1. The fourth-order valence-corrected chi connectivity index (χ4v) is 2.92. The zero-order valence-corrected chi connectivity index (χ0v) is 14.8. The Morgan fingerprint density at radius 2 is 1.62 bits per heavy atom. The average Bonchev–Trinajstić information content (AvgIpc) is 2.21. The lowest BCUT2D eigenvalue weighted by Gasteiger charge is -2.38. The maximum Gasteiger partial charge on any atom is 0.407 e. The van der Waals surface area contributed by atoms with E-state index in [1.807, 2.05) is 20.8 Å². The van der Waals surface area contributed by atoms with Crippen molar-refractivity contribution in [2.45, 2.75) is 79.0 Å². The van der Waals surface area contributed by atoms with Gasteiger partial charge in [0.05, 0.1) is 0 Å². The van der Waals surface area contributed by atoms with Crippen LogP contribution in [0.2, 0.25) is 0 Å². The first kappa shape index (κ1) is 18.3. The summed E-state index contributed by atoms with van der Waals surface area (Å²) in [6, 6.07) is 0.791. The Hall–Kier alpha value is -0.770. The first-order chi connectivity index (χ1) is 9.58. The monoisotopic (exact) mass is 298 g/mol. The van der Waals surface area contributed by atoms with Gasteiger partial charge >= 0.3 is 6.09 Å². The second kappa shape index (κ2) is 7.48. The number of hydrogen-bond acceptors (Lipinski definition) is 3. The molecule has 2 N–H and O–H groups in total. The topological polar surface area (TPSA) is 50.4 Å². The molecule has 0 unspecified atom stereocenters. The largest absolute Gasteiger partial charge is 0.444 e. The molecular weight excluding hydrogens is 264 g/mol. The lowest BCUT2D eigenvalue weighted by molar-refractivity contribution is 0.0463. The van der Waals surface area contributed by atoms with E-state index in [0.717, 1.165) is 19.4 Å². The Morgan fingerprint density at radius 1 is 1.10 bits per heavy atom. The minimum absolute atomic E-state index is 0.258. The van der Waals surface area contributed by atoms with Crippen LogP contribution in [-0.2, 0) is 4.74 Å². The number of ether oxygens (including phenoxy) is 1. The molecule has 124 valence electrons. The summed E-state index contributed by atoms with van der Waals surface area (Å²) in [4.78, 5) is 11.7. The number of alkyl carbamates (subject to hydrolysis) is 1. The first-order valence-corrected chi connectivity index (χ1v) is 8.31. The van der Waals surface area contributed by atoms with Crippen LogP contribution in [-0.4, -0.2) is 30.3 Å². The van der Waals surface area contributed by atoms with Gasteiger partial charge in [0.15, 0.2) is 0 Å². The SMILES string of the molecule is CC(C)C(CNC1CC(NC(=O)OC(C)(C)C)C1)C(C)C. The fourth-order valence-electron chi connectivity index (χ4n) is 2.92. The van der Waals surface area contributed by atoms with Crippen LogP contribution in [0.3, 0.4) is 0 Å². The van der Waals surface area contributed by atoms with E-state index in [1.165, 1.54) is 0 Å². The smallest absolute Gasteiger partial charge is 0.407 e. The van der Waals surface area contributed by atoms with E-state index in [0.29, 0.717) is 23.8 Å². The molecule has 4 heteroatoms. The third-order valence-electron chi connectivity index (χ3n) is 4.21. The lowest BCUT2D eigenvalue weighted by atomic mass is 9.83. The predicted octanol–water partition coefficient (Wildman–Crippen LogP) is 3.56. The Labute approximate surface area is 130 Å². The lowest BCUT2D eigenvalue weighted by Crippen LogP contribution is -2.54. The van der Waals surface area contributed by atoms with Crippen LogP contribution in [0.15, 0.2) is 0 Å². The quantitative estimate of drug-likeness (QED) is 0.788. The second-order valence-electron chi connectivity index (χ2n) is 8.07. The highest BCUT2D eigenvalue weighted by atomic mass is 16.6. The predicted molar refractivity (Wildman–Crippen MR) is 87.3 cm³/mol. The minimum atomic E-state index is -0.423. The van der Waals surface area contributed by atoms with Crippen LogP contribution in [0.1, 0.15) is 61.3 Å². The van der Waals surface area contributed by atoms with Gasteiger partial charge in [-0.1, -0.05) is 27.7 Å². The van der Waals surface area contributed by atoms with E-state index < -0.39 is 5.60 Å². The normalized spacial score (nSPS) is 22.6. The van der Waals surface area contributed by atoms with Crippen molar-refractivity contribution in [2.24, 2.45) is 17.8 Å². The van der Waals surface area contributed by atoms with E-state index in [2.05, 4.69) is 38.3 Å². The van der Waals surface area contributed by atoms with Gasteiger partial charge in [0, 0.05) is 12.1 Å². The van der Waals surface area contributed by atoms with Crippen LogP contribution in [0.5, 0.6) is 0 Å². The molecule has 21 heavy (non-hydrogen) atoms. The molecular formula is C17H34N2O2. The molecule has 1 rings (SSSR count). The highest BCUT2D eigenvalue weighted by Crippen LogP contribution is 2.24. The molecule has 1 amide bonds. The van der Waals surface area contributed by atoms with Crippen LogP contribution in [0.4, 0.5) is 4.79 Å². The van der Waals surface area contributed by atoms with Gasteiger partial charge in [-0.3, -0.25) is 0 Å². The molecule has 0 spiro atoms. The Bertz CT molecular complexity index is 320. The van der Waals surface area contributed by atoms with Gasteiger partial charge < -0.3 is 15.4 Å². The minimum Gasteiger partial charge on any atom is -0.444 e. The van der Waals surface area contributed by atoms with Crippen molar-refractivity contribution in [3.63, 3.8) is 0 Å². The van der Waals surface area contributed by atoms with E-state index in [9.17, 15) is 4.79 Å². The zero-order chi connectivity index (χ0) is 16.2. The van der Waals surface area contributed by atoms with Gasteiger partial charge in [0.2, 0.25) is 0 Å². The summed E-state index contributed by atoms with van der Waals surface area (Å²) < 4.78 is 5.27. The van der Waals surface area contributed by atoms with Crippen molar-refractivity contribution in [3.05, 3.63) is 0 Å². The summed E-state index contributed by atoms with van der Waals surface area (Å²) in [7, 11) is 0. The van der Waals surface area contributed by atoms with Gasteiger partial charge in [-0.05, 0) is 57.9 Å². The van der Waals surface area contributed by atoms with Gasteiger partial charge in [0.1, 0.15) is 5.60 Å². The molecule has 0 heterocycles. The molecule has 1 aliphatic carbocycles. The van der Waals surface area contributed by atoms with Gasteiger partial charge in [-0.2, -0.15) is 0 Å². The van der Waals surface area contributed by atoms with Crippen molar-refractivity contribution < 1.29 is 9.53 Å². The maximum absolute atomic E-state index is 11.7. The summed E-state index contributed by atoms with van der Waals surface area (Å²) in [5.41, 5.74) is -0.423. The molecule has 0 bridgehead atoms. The van der Waals surface area contributed by atoms with Crippen molar-refractivity contribution >= 4 is 6.09 Å². The Kier molecular flexibility index (Phi) is 6.51. The molecule has 4 nitrogen and oxygen atoms in total.